The highest BCUT2D eigenvalue weighted by Crippen LogP contribution is 2.33. The first-order valence-electron chi connectivity index (χ1n) is 11.0. The van der Waals surface area contributed by atoms with Crippen LogP contribution in [0.4, 0.5) is 10.1 Å². The smallest absolute Gasteiger partial charge is 0.260 e. The van der Waals surface area contributed by atoms with Gasteiger partial charge in [0.05, 0.1) is 0 Å². The van der Waals surface area contributed by atoms with Gasteiger partial charge in [0.1, 0.15) is 11.6 Å². The van der Waals surface area contributed by atoms with Crippen molar-refractivity contribution in [2.45, 2.75) is 52.4 Å². The van der Waals surface area contributed by atoms with Gasteiger partial charge in [0, 0.05) is 31.9 Å². The van der Waals surface area contributed by atoms with Crippen molar-refractivity contribution in [2.75, 3.05) is 37.7 Å². The maximum atomic E-state index is 13.0. The number of hydrogen-bond acceptors (Lipinski definition) is 3. The van der Waals surface area contributed by atoms with Crippen LogP contribution in [-0.2, 0) is 15.6 Å². The Hall–Kier alpha value is -2.56. The van der Waals surface area contributed by atoms with Crippen LogP contribution < -0.4 is 9.64 Å². The van der Waals surface area contributed by atoms with E-state index in [1.165, 1.54) is 41.1 Å². The van der Waals surface area contributed by atoms with Crippen LogP contribution in [0.3, 0.4) is 0 Å². The second-order valence-corrected chi connectivity index (χ2v) is 10.4. The molecule has 1 saturated heterocycles. The molecule has 1 aliphatic heterocycles. The highest BCUT2D eigenvalue weighted by atomic mass is 19.1. The van der Waals surface area contributed by atoms with E-state index in [1.54, 1.807) is 0 Å². The lowest BCUT2D eigenvalue weighted by Gasteiger charge is -2.37. The molecule has 2 aromatic carbocycles. The van der Waals surface area contributed by atoms with E-state index in [1.807, 2.05) is 4.90 Å². The van der Waals surface area contributed by atoms with E-state index in [0.29, 0.717) is 18.8 Å². The lowest BCUT2D eigenvalue weighted by molar-refractivity contribution is -0.133. The predicted molar refractivity (Wildman–Crippen MR) is 125 cm³/mol. The summed E-state index contributed by atoms with van der Waals surface area (Å²) in [5.41, 5.74) is 4.05. The summed E-state index contributed by atoms with van der Waals surface area (Å²) in [6.07, 6.45) is 0. The van der Waals surface area contributed by atoms with Crippen molar-refractivity contribution >= 4 is 11.6 Å². The maximum Gasteiger partial charge on any atom is 0.260 e. The fourth-order valence-corrected chi connectivity index (χ4v) is 3.64. The number of hydrogen-bond donors (Lipinski definition) is 0. The van der Waals surface area contributed by atoms with Gasteiger partial charge in [0.15, 0.2) is 6.61 Å². The minimum absolute atomic E-state index is 0.0285. The third kappa shape index (κ3) is 5.99. The van der Waals surface area contributed by atoms with Crippen molar-refractivity contribution in [3.63, 3.8) is 0 Å². The van der Waals surface area contributed by atoms with Crippen LogP contribution >= 0.6 is 0 Å². The Morgan fingerprint density at radius 2 is 1.39 bits per heavy atom. The third-order valence-electron chi connectivity index (χ3n) is 5.82. The molecule has 1 aliphatic rings. The molecule has 31 heavy (non-hydrogen) atoms. The van der Waals surface area contributed by atoms with Crippen LogP contribution in [0.2, 0.25) is 0 Å². The second-order valence-electron chi connectivity index (χ2n) is 10.4. The topological polar surface area (TPSA) is 32.8 Å². The molecule has 0 atom stereocenters. The molecular formula is C26H35FN2O2. The Balaban J connectivity index is 1.64. The fraction of sp³-hybridized carbons (Fsp3) is 0.500. The highest BCUT2D eigenvalue weighted by Gasteiger charge is 2.25. The summed E-state index contributed by atoms with van der Waals surface area (Å²) in [7, 11) is 0. The molecule has 168 valence electrons. The summed E-state index contributed by atoms with van der Waals surface area (Å²) in [4.78, 5) is 16.8. The second kappa shape index (κ2) is 8.89. The number of anilines is 1. The number of carbonyl (C=O) groups excluding carboxylic acids is 1. The number of amides is 1. The summed E-state index contributed by atoms with van der Waals surface area (Å²) >= 11 is 0. The van der Waals surface area contributed by atoms with Crippen molar-refractivity contribution in [3.8, 4) is 5.75 Å². The number of nitrogens with zero attached hydrogens (tertiary/aromatic N) is 2. The Bertz CT molecular complexity index is 870. The van der Waals surface area contributed by atoms with Gasteiger partial charge in [0.2, 0.25) is 0 Å². The van der Waals surface area contributed by atoms with E-state index >= 15 is 0 Å². The molecule has 0 unspecified atom stereocenters. The normalized spacial score (nSPS) is 15.2. The van der Waals surface area contributed by atoms with Gasteiger partial charge in [-0.1, -0.05) is 47.6 Å². The van der Waals surface area contributed by atoms with Crippen LogP contribution in [0, 0.1) is 5.82 Å². The third-order valence-corrected chi connectivity index (χ3v) is 5.82. The summed E-state index contributed by atoms with van der Waals surface area (Å²) in [6, 6.07) is 12.7. The van der Waals surface area contributed by atoms with Gasteiger partial charge < -0.3 is 14.5 Å². The molecule has 2 aromatic rings. The molecular weight excluding hydrogens is 391 g/mol. The molecule has 5 heteroatoms. The van der Waals surface area contributed by atoms with Crippen LogP contribution in [0.1, 0.15) is 52.7 Å². The number of benzene rings is 2. The SMILES string of the molecule is CC(C)(C)c1cc(N2CCN(C(=O)COc3ccc(F)cc3)CC2)cc(C(C)(C)C)c1. The average molecular weight is 427 g/mol. The van der Waals surface area contributed by atoms with Gasteiger partial charge in [0.25, 0.3) is 5.91 Å². The van der Waals surface area contributed by atoms with Crippen LogP contribution in [0.15, 0.2) is 42.5 Å². The van der Waals surface area contributed by atoms with E-state index in [0.717, 1.165) is 13.1 Å². The first-order chi connectivity index (χ1) is 14.4. The minimum atomic E-state index is -0.319. The maximum absolute atomic E-state index is 13.0. The zero-order valence-corrected chi connectivity index (χ0v) is 19.7. The van der Waals surface area contributed by atoms with E-state index in [2.05, 4.69) is 64.6 Å². The van der Waals surface area contributed by atoms with Crippen LogP contribution in [0.5, 0.6) is 5.75 Å². The average Bonchev–Trinajstić information content (AvgIpc) is 2.71. The fourth-order valence-electron chi connectivity index (χ4n) is 3.64. The van der Waals surface area contributed by atoms with Crippen LogP contribution in [-0.4, -0.2) is 43.6 Å². The van der Waals surface area contributed by atoms with Crippen molar-refractivity contribution in [1.29, 1.82) is 0 Å². The molecule has 0 saturated carbocycles. The van der Waals surface area contributed by atoms with Gasteiger partial charge in [-0.2, -0.15) is 0 Å². The Morgan fingerprint density at radius 3 is 1.87 bits per heavy atom. The number of carbonyl (C=O) groups is 1. The minimum Gasteiger partial charge on any atom is -0.484 e. The lowest BCUT2D eigenvalue weighted by Crippen LogP contribution is -2.50. The molecule has 0 N–H and O–H groups in total. The number of rotatable bonds is 4. The number of piperazine rings is 1. The molecule has 0 spiro atoms. The first-order valence-corrected chi connectivity index (χ1v) is 11.0. The summed E-state index contributed by atoms with van der Waals surface area (Å²) in [5, 5.41) is 0. The highest BCUT2D eigenvalue weighted by molar-refractivity contribution is 5.78. The summed E-state index contributed by atoms with van der Waals surface area (Å²) in [5.74, 6) is 0.143. The number of halogens is 1. The van der Waals surface area contributed by atoms with E-state index < -0.39 is 0 Å². The standard InChI is InChI=1S/C26H35FN2O2/c1-25(2,3)19-15-20(26(4,5)6)17-22(16-19)28-11-13-29(14-12-28)24(30)18-31-23-9-7-21(27)8-10-23/h7-10,15-17H,11-14,18H2,1-6H3. The van der Waals surface area contributed by atoms with E-state index in [4.69, 9.17) is 4.74 Å². The Labute approximate surface area is 186 Å². The Kier molecular flexibility index (Phi) is 6.63. The molecule has 1 heterocycles. The quantitative estimate of drug-likeness (QED) is 0.678. The zero-order valence-electron chi connectivity index (χ0n) is 19.7. The first kappa shape index (κ1) is 23.1. The number of ether oxygens (including phenoxy) is 1. The van der Waals surface area contributed by atoms with Gasteiger partial charge in [-0.25, -0.2) is 4.39 Å². The van der Waals surface area contributed by atoms with Crippen molar-refractivity contribution in [1.82, 2.24) is 4.90 Å². The molecule has 4 nitrogen and oxygen atoms in total. The van der Waals surface area contributed by atoms with Gasteiger partial charge in [-0.15, -0.1) is 0 Å². The van der Waals surface area contributed by atoms with E-state index in [-0.39, 0.29) is 29.2 Å². The zero-order chi connectivity index (χ0) is 22.8. The van der Waals surface area contributed by atoms with Gasteiger partial charge in [-0.05, 0) is 58.4 Å². The van der Waals surface area contributed by atoms with Gasteiger partial charge >= 0.3 is 0 Å². The molecule has 0 radical (unpaired) electrons. The summed E-state index contributed by atoms with van der Waals surface area (Å²) < 4.78 is 18.5. The largest absolute Gasteiger partial charge is 0.484 e. The molecule has 0 aromatic heterocycles. The molecule has 1 amide bonds. The molecule has 1 fully saturated rings. The summed E-state index contributed by atoms with van der Waals surface area (Å²) in [6.45, 7) is 16.4. The predicted octanol–water partition coefficient (Wildman–Crippen LogP) is 5.15. The van der Waals surface area contributed by atoms with E-state index in [9.17, 15) is 9.18 Å². The van der Waals surface area contributed by atoms with Crippen LogP contribution in [0.25, 0.3) is 0 Å². The lowest BCUT2D eigenvalue weighted by atomic mass is 9.80. The van der Waals surface area contributed by atoms with Crippen molar-refractivity contribution in [2.24, 2.45) is 0 Å². The van der Waals surface area contributed by atoms with Gasteiger partial charge in [-0.3, -0.25) is 4.79 Å². The van der Waals surface area contributed by atoms with Crippen molar-refractivity contribution < 1.29 is 13.9 Å². The van der Waals surface area contributed by atoms with Crippen molar-refractivity contribution in [3.05, 3.63) is 59.4 Å². The monoisotopic (exact) mass is 426 g/mol. The molecule has 0 bridgehead atoms. The molecule has 3 rings (SSSR count). The Morgan fingerprint density at radius 1 is 0.871 bits per heavy atom. The molecule has 0 aliphatic carbocycles.